The molecule has 0 radical (unpaired) electrons. The van der Waals surface area contributed by atoms with Gasteiger partial charge < -0.3 is 14.4 Å². The summed E-state index contributed by atoms with van der Waals surface area (Å²) in [6.07, 6.45) is 0. The minimum Gasteiger partial charge on any atom is -0.493 e. The number of anilines is 1. The fourth-order valence-electron chi connectivity index (χ4n) is 2.86. The highest BCUT2D eigenvalue weighted by atomic mass is 35.5. The number of fused-ring (bicyclic) bond motifs is 1. The number of methoxy groups -OCH3 is 2. The van der Waals surface area contributed by atoms with Gasteiger partial charge in [0.15, 0.2) is 17.3 Å². The number of hydrogen-bond donors (Lipinski definition) is 0. The molecule has 0 amide bonds. The molecule has 0 aliphatic rings. The molecule has 0 atom stereocenters. The zero-order valence-corrected chi connectivity index (χ0v) is 17.4. The predicted octanol–water partition coefficient (Wildman–Crippen LogP) is 4.26. The maximum atomic E-state index is 6.34. The second kappa shape index (κ2) is 7.29. The van der Waals surface area contributed by atoms with Gasteiger partial charge in [0.1, 0.15) is 5.01 Å². The Morgan fingerprint density at radius 2 is 1.75 bits per heavy atom. The van der Waals surface area contributed by atoms with Gasteiger partial charge in [0.2, 0.25) is 4.96 Å². The lowest BCUT2D eigenvalue weighted by Gasteiger charge is -2.11. The Hall–Kier alpha value is -2.84. The van der Waals surface area contributed by atoms with E-state index in [1.807, 2.05) is 32.3 Å². The number of hydrogen-bond acceptors (Lipinski definition) is 7. The molecule has 9 heteroatoms. The van der Waals surface area contributed by atoms with E-state index in [1.54, 1.807) is 24.8 Å². The van der Waals surface area contributed by atoms with Crippen LogP contribution in [0.3, 0.4) is 0 Å². The Morgan fingerprint density at radius 1 is 1.00 bits per heavy atom. The highest BCUT2D eigenvalue weighted by molar-refractivity contribution is 7.19. The third-order valence-electron chi connectivity index (χ3n) is 4.31. The minimum absolute atomic E-state index is 0.434. The fourth-order valence-corrected chi connectivity index (χ4v) is 4.00. The molecule has 2 aromatic carbocycles. The molecule has 0 N–H and O–H groups in total. The van der Waals surface area contributed by atoms with Gasteiger partial charge in [0.25, 0.3) is 0 Å². The van der Waals surface area contributed by atoms with Crippen molar-refractivity contribution >= 4 is 33.6 Å². The molecule has 2 aromatic heterocycles. The van der Waals surface area contributed by atoms with E-state index in [2.05, 4.69) is 27.2 Å². The van der Waals surface area contributed by atoms with Crippen molar-refractivity contribution in [2.24, 2.45) is 0 Å². The molecule has 0 saturated carbocycles. The molecule has 2 heterocycles. The van der Waals surface area contributed by atoms with Crippen LogP contribution in [0.2, 0.25) is 5.02 Å². The second-order valence-electron chi connectivity index (χ2n) is 6.26. The smallest absolute Gasteiger partial charge is 0.235 e. The number of aromatic nitrogens is 4. The van der Waals surface area contributed by atoms with Crippen molar-refractivity contribution < 1.29 is 9.47 Å². The molecule has 0 fully saturated rings. The average molecular weight is 416 g/mol. The van der Waals surface area contributed by atoms with Crippen LogP contribution in [-0.2, 0) is 0 Å². The van der Waals surface area contributed by atoms with Crippen LogP contribution in [0.25, 0.3) is 26.9 Å². The van der Waals surface area contributed by atoms with E-state index >= 15 is 0 Å². The molecule has 0 aliphatic heterocycles. The maximum absolute atomic E-state index is 6.34. The zero-order valence-electron chi connectivity index (χ0n) is 15.8. The molecule has 7 nitrogen and oxygen atoms in total. The van der Waals surface area contributed by atoms with Gasteiger partial charge in [-0.2, -0.15) is 9.61 Å². The van der Waals surface area contributed by atoms with Crippen LogP contribution < -0.4 is 14.4 Å². The van der Waals surface area contributed by atoms with Crippen molar-refractivity contribution in [1.82, 2.24) is 19.8 Å². The van der Waals surface area contributed by atoms with Gasteiger partial charge >= 0.3 is 0 Å². The Balaban J connectivity index is 1.77. The van der Waals surface area contributed by atoms with Crippen LogP contribution in [-0.4, -0.2) is 48.1 Å². The van der Waals surface area contributed by atoms with Gasteiger partial charge in [-0.1, -0.05) is 22.9 Å². The molecule has 144 valence electrons. The lowest BCUT2D eigenvalue weighted by molar-refractivity contribution is 0.355. The first-order valence-corrected chi connectivity index (χ1v) is 9.63. The molecule has 0 saturated heterocycles. The predicted molar refractivity (Wildman–Crippen MR) is 112 cm³/mol. The van der Waals surface area contributed by atoms with Crippen molar-refractivity contribution in [1.29, 1.82) is 0 Å². The largest absolute Gasteiger partial charge is 0.493 e. The number of ether oxygens (including phenoxy) is 2. The summed E-state index contributed by atoms with van der Waals surface area (Å²) in [7, 11) is 7.14. The molecular weight excluding hydrogens is 398 g/mol. The van der Waals surface area contributed by atoms with Crippen molar-refractivity contribution in [3.63, 3.8) is 0 Å². The van der Waals surface area contributed by atoms with Gasteiger partial charge in [-0.15, -0.1) is 10.2 Å². The molecule has 0 spiro atoms. The number of benzene rings is 2. The SMILES string of the molecule is COc1cc(-c2nnc3sc(-c4ccc(N(C)C)cc4)nn23)cc(Cl)c1OC. The third-order valence-corrected chi connectivity index (χ3v) is 5.54. The quantitative estimate of drug-likeness (QED) is 0.485. The summed E-state index contributed by atoms with van der Waals surface area (Å²) in [6.45, 7) is 0. The fraction of sp³-hybridized carbons (Fsp3) is 0.211. The Bertz CT molecular complexity index is 1140. The van der Waals surface area contributed by atoms with Gasteiger partial charge in [-0.25, -0.2) is 0 Å². The topological polar surface area (TPSA) is 64.8 Å². The summed E-state index contributed by atoms with van der Waals surface area (Å²) in [5.41, 5.74) is 2.90. The van der Waals surface area contributed by atoms with Crippen molar-refractivity contribution in [2.75, 3.05) is 33.2 Å². The summed E-state index contributed by atoms with van der Waals surface area (Å²) < 4.78 is 12.4. The summed E-state index contributed by atoms with van der Waals surface area (Å²) in [4.78, 5) is 2.76. The Morgan fingerprint density at radius 3 is 2.39 bits per heavy atom. The standard InChI is InChI=1S/C19H18ClN5O2S/c1-24(2)13-7-5-11(6-8-13)18-23-25-17(21-22-19(25)28-18)12-9-14(20)16(27-4)15(10-12)26-3/h5-10H,1-4H3. The summed E-state index contributed by atoms with van der Waals surface area (Å²) in [5, 5.41) is 14.5. The first-order chi connectivity index (χ1) is 13.5. The van der Waals surface area contributed by atoms with E-state index in [1.165, 1.54) is 11.3 Å². The first kappa shape index (κ1) is 18.5. The van der Waals surface area contributed by atoms with E-state index in [0.29, 0.717) is 27.3 Å². The lowest BCUT2D eigenvalue weighted by atomic mass is 10.2. The molecular formula is C19H18ClN5O2S. The van der Waals surface area contributed by atoms with Gasteiger partial charge in [0.05, 0.1) is 19.2 Å². The van der Waals surface area contributed by atoms with Crippen LogP contribution in [0, 0.1) is 0 Å². The molecule has 0 bridgehead atoms. The number of halogens is 1. The second-order valence-corrected chi connectivity index (χ2v) is 7.62. The molecule has 0 unspecified atom stereocenters. The normalized spacial score (nSPS) is 11.0. The van der Waals surface area contributed by atoms with Crippen LogP contribution in [0.5, 0.6) is 11.5 Å². The first-order valence-electron chi connectivity index (χ1n) is 8.43. The highest BCUT2D eigenvalue weighted by Gasteiger charge is 2.18. The average Bonchev–Trinajstić information content (AvgIpc) is 3.28. The zero-order chi connectivity index (χ0) is 19.8. The maximum Gasteiger partial charge on any atom is 0.235 e. The lowest BCUT2D eigenvalue weighted by Crippen LogP contribution is -2.07. The van der Waals surface area contributed by atoms with Gasteiger partial charge in [-0.05, 0) is 36.4 Å². The highest BCUT2D eigenvalue weighted by Crippen LogP contribution is 2.39. The van der Waals surface area contributed by atoms with E-state index in [4.69, 9.17) is 26.2 Å². The van der Waals surface area contributed by atoms with Gasteiger partial charge in [0, 0.05) is 30.9 Å². The van der Waals surface area contributed by atoms with Crippen LogP contribution in [0.15, 0.2) is 36.4 Å². The van der Waals surface area contributed by atoms with Gasteiger partial charge in [-0.3, -0.25) is 0 Å². The van der Waals surface area contributed by atoms with E-state index in [0.717, 1.165) is 21.8 Å². The van der Waals surface area contributed by atoms with Crippen molar-refractivity contribution in [3.8, 4) is 33.5 Å². The summed E-state index contributed by atoms with van der Waals surface area (Å²) in [6, 6.07) is 11.8. The molecule has 4 aromatic rings. The third kappa shape index (κ3) is 3.14. The Labute approximate surface area is 171 Å². The molecule has 0 aliphatic carbocycles. The molecule has 4 rings (SSSR count). The van der Waals surface area contributed by atoms with Crippen LogP contribution >= 0.6 is 22.9 Å². The van der Waals surface area contributed by atoms with E-state index in [9.17, 15) is 0 Å². The van der Waals surface area contributed by atoms with Crippen molar-refractivity contribution in [3.05, 3.63) is 41.4 Å². The van der Waals surface area contributed by atoms with Crippen LogP contribution in [0.1, 0.15) is 0 Å². The Kier molecular flexibility index (Phi) is 4.82. The number of nitrogens with zero attached hydrogens (tertiary/aromatic N) is 5. The van der Waals surface area contributed by atoms with E-state index < -0.39 is 0 Å². The summed E-state index contributed by atoms with van der Waals surface area (Å²) >= 11 is 7.82. The minimum atomic E-state index is 0.434. The van der Waals surface area contributed by atoms with Crippen LogP contribution in [0.4, 0.5) is 5.69 Å². The summed E-state index contributed by atoms with van der Waals surface area (Å²) in [5.74, 6) is 1.59. The monoisotopic (exact) mass is 415 g/mol. The van der Waals surface area contributed by atoms with E-state index in [-0.39, 0.29) is 0 Å². The molecule has 28 heavy (non-hydrogen) atoms. The number of rotatable bonds is 5. The van der Waals surface area contributed by atoms with Crippen molar-refractivity contribution in [2.45, 2.75) is 0 Å².